The van der Waals surface area contributed by atoms with E-state index < -0.39 is 47.7 Å². The fourth-order valence-corrected chi connectivity index (χ4v) is 9.48. The predicted molar refractivity (Wildman–Crippen MR) is 189 cm³/mol. The summed E-state index contributed by atoms with van der Waals surface area (Å²) in [7, 11) is 0. The molecule has 49 heavy (non-hydrogen) atoms. The first-order valence-electron chi connectivity index (χ1n) is 17.9. The Morgan fingerprint density at radius 3 is 2.53 bits per heavy atom. The summed E-state index contributed by atoms with van der Waals surface area (Å²) in [6.07, 6.45) is 8.61. The summed E-state index contributed by atoms with van der Waals surface area (Å²) in [6, 6.07) is 7.53. The molecule has 2 N–H and O–H groups in total. The van der Waals surface area contributed by atoms with Crippen LogP contribution in [0.3, 0.4) is 0 Å². The van der Waals surface area contributed by atoms with Gasteiger partial charge in [0.25, 0.3) is 0 Å². The quantitative estimate of drug-likeness (QED) is 0.141. The maximum Gasteiger partial charge on any atom is 0.313 e. The van der Waals surface area contributed by atoms with E-state index in [-0.39, 0.29) is 54.1 Å². The van der Waals surface area contributed by atoms with Crippen molar-refractivity contribution >= 4 is 39.6 Å². The number of ether oxygens (including phenoxy) is 2. The van der Waals surface area contributed by atoms with Crippen molar-refractivity contribution in [1.29, 1.82) is 0 Å². The van der Waals surface area contributed by atoms with Gasteiger partial charge in [0.2, 0.25) is 17.7 Å². The highest BCUT2D eigenvalue weighted by molar-refractivity contribution is 9.09. The van der Waals surface area contributed by atoms with Crippen molar-refractivity contribution in [2.45, 2.75) is 112 Å². The van der Waals surface area contributed by atoms with E-state index in [1.54, 1.807) is 17.1 Å². The number of benzene rings is 1. The standard InChI is InChI=1S/C38H52BrN3O7/c1-5-8-19-30(44)40-22-29(25-15-11-9-12-16-25)48-37(47)31-32-35(45)42(28(23-43)24(4)7-3)34(38(32)21-27(39)33(31)49-38)36(46)41(20-6-2)26-17-13-10-14-18-26/h5-6,9,11-12,15-16,24,26-29,31-34,43H,1-2,7-8,10,13-14,17-23H2,3-4H3,(H,40,44)/t24-,27?,28-,29+,31-,32+,33-,34-,38+/m0/s1. The largest absolute Gasteiger partial charge is 0.455 e. The van der Waals surface area contributed by atoms with Gasteiger partial charge in [-0.05, 0) is 37.2 Å². The van der Waals surface area contributed by atoms with Gasteiger partial charge in [-0.3, -0.25) is 19.2 Å². The number of halogens is 1. The number of hydrogen-bond donors (Lipinski definition) is 2. The van der Waals surface area contributed by atoms with Gasteiger partial charge < -0.3 is 29.7 Å². The van der Waals surface area contributed by atoms with Crippen LogP contribution in [0.5, 0.6) is 0 Å². The Morgan fingerprint density at radius 1 is 1.18 bits per heavy atom. The third-order valence-electron chi connectivity index (χ3n) is 11.2. The van der Waals surface area contributed by atoms with Gasteiger partial charge in [0, 0.05) is 23.8 Å². The van der Waals surface area contributed by atoms with E-state index in [9.17, 15) is 24.3 Å². The number of carbonyl (C=O) groups excluding carboxylic acids is 4. The Kier molecular flexibility index (Phi) is 12.4. The van der Waals surface area contributed by atoms with Gasteiger partial charge in [0.05, 0.1) is 37.1 Å². The van der Waals surface area contributed by atoms with Gasteiger partial charge >= 0.3 is 5.97 Å². The molecule has 1 aromatic carbocycles. The highest BCUT2D eigenvalue weighted by Crippen LogP contribution is 2.61. The van der Waals surface area contributed by atoms with Crippen LogP contribution in [0.1, 0.15) is 83.3 Å². The van der Waals surface area contributed by atoms with Crippen LogP contribution in [0.15, 0.2) is 55.6 Å². The number of amides is 3. The zero-order valence-electron chi connectivity index (χ0n) is 28.8. The SMILES string of the molecule is C=CCCC(=O)NC[C@@H](OC(=O)[C@@H]1[C@H]2O[C@@]3(CC2Br)[C@H](C(=O)N(CC=C)C2CCCCC2)N([C@@H](CO)[C@@H](C)CC)C(=O)[C@@H]13)c1ccccc1. The molecular weight excluding hydrogens is 690 g/mol. The second-order valence-electron chi connectivity index (χ2n) is 14.1. The number of likely N-dealkylation sites (tertiary alicyclic amines) is 1. The number of rotatable bonds is 16. The minimum Gasteiger partial charge on any atom is -0.455 e. The molecule has 1 saturated carbocycles. The highest BCUT2D eigenvalue weighted by Gasteiger charge is 2.78. The molecule has 3 saturated heterocycles. The molecule has 3 amide bonds. The van der Waals surface area contributed by atoms with Crippen molar-refractivity contribution in [1.82, 2.24) is 15.1 Å². The molecule has 1 aromatic rings. The Bertz CT molecular complexity index is 1370. The predicted octanol–water partition coefficient (Wildman–Crippen LogP) is 4.86. The summed E-state index contributed by atoms with van der Waals surface area (Å²) >= 11 is 3.76. The number of aliphatic hydroxyl groups is 1. The lowest BCUT2D eigenvalue weighted by Gasteiger charge is -2.43. The molecule has 268 valence electrons. The third-order valence-corrected chi connectivity index (χ3v) is 12.0. The van der Waals surface area contributed by atoms with Crippen molar-refractivity contribution in [2.75, 3.05) is 19.7 Å². The first-order valence-corrected chi connectivity index (χ1v) is 18.8. The molecule has 2 bridgehead atoms. The topological polar surface area (TPSA) is 125 Å². The van der Waals surface area contributed by atoms with E-state index in [2.05, 4.69) is 34.4 Å². The number of aliphatic hydroxyl groups excluding tert-OH is 1. The van der Waals surface area contributed by atoms with Crippen molar-refractivity contribution in [2.24, 2.45) is 17.8 Å². The van der Waals surface area contributed by atoms with Gasteiger partial charge in [-0.25, -0.2) is 0 Å². The molecule has 3 heterocycles. The van der Waals surface area contributed by atoms with Crippen LogP contribution >= 0.6 is 15.9 Å². The second kappa shape index (κ2) is 16.3. The lowest BCUT2D eigenvalue weighted by Crippen LogP contribution is -2.61. The Labute approximate surface area is 298 Å². The highest BCUT2D eigenvalue weighted by atomic mass is 79.9. The van der Waals surface area contributed by atoms with Crippen molar-refractivity contribution in [3.05, 3.63) is 61.2 Å². The average molecular weight is 743 g/mol. The van der Waals surface area contributed by atoms with Crippen LogP contribution in [0.4, 0.5) is 0 Å². The maximum absolute atomic E-state index is 15.0. The van der Waals surface area contributed by atoms with E-state index in [1.165, 1.54) is 0 Å². The van der Waals surface area contributed by atoms with Gasteiger partial charge in [-0.1, -0.05) is 97.9 Å². The van der Waals surface area contributed by atoms with Crippen LogP contribution in [0.2, 0.25) is 0 Å². The zero-order valence-corrected chi connectivity index (χ0v) is 30.4. The van der Waals surface area contributed by atoms with E-state index in [0.717, 1.165) is 32.1 Å². The first kappa shape index (κ1) is 37.2. The molecule has 1 spiro atoms. The lowest BCUT2D eigenvalue weighted by atomic mass is 9.70. The second-order valence-corrected chi connectivity index (χ2v) is 15.3. The van der Waals surface area contributed by atoms with E-state index in [1.807, 2.05) is 49.1 Å². The molecule has 10 nitrogen and oxygen atoms in total. The Morgan fingerprint density at radius 2 is 1.90 bits per heavy atom. The van der Waals surface area contributed by atoms with Crippen molar-refractivity contribution in [3.8, 4) is 0 Å². The Balaban J connectivity index is 1.51. The van der Waals surface area contributed by atoms with Gasteiger partial charge in [0.1, 0.15) is 17.7 Å². The van der Waals surface area contributed by atoms with E-state index in [4.69, 9.17) is 9.47 Å². The maximum atomic E-state index is 15.0. The summed E-state index contributed by atoms with van der Waals surface area (Å²) in [5.41, 5.74) is -0.585. The minimum absolute atomic E-state index is 0.00952. The number of hydrogen-bond acceptors (Lipinski definition) is 7. The van der Waals surface area contributed by atoms with Gasteiger partial charge in [0.15, 0.2) is 0 Å². The lowest BCUT2D eigenvalue weighted by molar-refractivity contribution is -0.161. The number of esters is 1. The molecule has 1 aliphatic carbocycles. The molecule has 11 heteroatoms. The third kappa shape index (κ3) is 7.26. The monoisotopic (exact) mass is 741 g/mol. The molecule has 1 unspecified atom stereocenters. The normalized spacial score (nSPS) is 29.5. The summed E-state index contributed by atoms with van der Waals surface area (Å²) in [5.74, 6) is -3.47. The number of nitrogens with one attached hydrogen (secondary N) is 1. The van der Waals surface area contributed by atoms with Gasteiger partial charge in [-0.15, -0.1) is 13.2 Å². The number of fused-ring (bicyclic) bond motifs is 1. The first-order chi connectivity index (χ1) is 23.6. The molecule has 0 radical (unpaired) electrons. The van der Waals surface area contributed by atoms with Crippen molar-refractivity contribution < 1.29 is 33.8 Å². The molecule has 4 aliphatic rings. The van der Waals surface area contributed by atoms with Crippen LogP contribution in [0, 0.1) is 17.8 Å². The summed E-state index contributed by atoms with van der Waals surface area (Å²) in [4.78, 5) is 59.8. The van der Waals surface area contributed by atoms with E-state index >= 15 is 0 Å². The number of nitrogens with zero attached hydrogens (tertiary/aromatic N) is 2. The van der Waals surface area contributed by atoms with Crippen LogP contribution in [-0.2, 0) is 28.7 Å². The number of alkyl halides is 1. The molecule has 4 fully saturated rings. The summed E-state index contributed by atoms with van der Waals surface area (Å²) < 4.78 is 13.0. The number of carbonyl (C=O) groups is 4. The fourth-order valence-electron chi connectivity index (χ4n) is 8.54. The zero-order chi connectivity index (χ0) is 35.3. The number of allylic oxidation sites excluding steroid dienone is 1. The van der Waals surface area contributed by atoms with Crippen LogP contribution in [0.25, 0.3) is 0 Å². The summed E-state index contributed by atoms with van der Waals surface area (Å²) in [6.45, 7) is 11.6. The van der Waals surface area contributed by atoms with Crippen LogP contribution < -0.4 is 5.32 Å². The fraction of sp³-hybridized carbons (Fsp3) is 0.632. The minimum atomic E-state index is -1.28. The average Bonchev–Trinajstić information content (AvgIpc) is 3.71. The smallest absolute Gasteiger partial charge is 0.313 e. The van der Waals surface area contributed by atoms with Crippen LogP contribution in [-0.4, -0.2) is 93.0 Å². The molecule has 0 aromatic heterocycles. The van der Waals surface area contributed by atoms with Gasteiger partial charge in [-0.2, -0.15) is 0 Å². The molecule has 9 atom stereocenters. The Hall–Kier alpha value is -3.02. The molecular formula is C38H52BrN3O7. The van der Waals surface area contributed by atoms with E-state index in [0.29, 0.717) is 31.4 Å². The molecule has 5 rings (SSSR count). The van der Waals surface area contributed by atoms with Crippen molar-refractivity contribution in [3.63, 3.8) is 0 Å². The molecule has 3 aliphatic heterocycles. The summed E-state index contributed by atoms with van der Waals surface area (Å²) in [5, 5.41) is 13.6.